The lowest BCUT2D eigenvalue weighted by Gasteiger charge is -2.28. The lowest BCUT2D eigenvalue weighted by molar-refractivity contribution is -0.183. The highest BCUT2D eigenvalue weighted by molar-refractivity contribution is 5.93. The van der Waals surface area contributed by atoms with Crippen LogP contribution >= 0.6 is 0 Å². The molecule has 1 amide bonds. The summed E-state index contributed by atoms with van der Waals surface area (Å²) in [7, 11) is 1.49. The molecular weight excluding hydrogens is 373 g/mol. The Bertz CT molecular complexity index is 680. The van der Waals surface area contributed by atoms with Gasteiger partial charge in [-0.3, -0.25) is 4.79 Å². The summed E-state index contributed by atoms with van der Waals surface area (Å²) in [6, 6.07) is 1.23. The van der Waals surface area contributed by atoms with E-state index < -0.39 is 18.0 Å². The molecule has 1 aliphatic rings. The van der Waals surface area contributed by atoms with E-state index in [1.807, 2.05) is 13.0 Å². The van der Waals surface area contributed by atoms with E-state index in [0.717, 1.165) is 0 Å². The molecule has 1 unspecified atom stereocenters. The number of nitrogens with zero attached hydrogens (tertiary/aromatic N) is 1. The zero-order valence-electron chi connectivity index (χ0n) is 16.1. The maximum Gasteiger partial charge on any atom is 0.391 e. The molecule has 5 nitrogen and oxygen atoms in total. The van der Waals surface area contributed by atoms with Gasteiger partial charge in [-0.2, -0.15) is 13.2 Å². The van der Waals surface area contributed by atoms with E-state index in [-0.39, 0.29) is 37.1 Å². The maximum absolute atomic E-state index is 12.8. The minimum absolute atomic E-state index is 0.0626. The summed E-state index contributed by atoms with van der Waals surface area (Å²) in [6.45, 7) is 1.69. The van der Waals surface area contributed by atoms with Crippen LogP contribution < -0.4 is 10.1 Å². The third-order valence-electron chi connectivity index (χ3n) is 5.18. The van der Waals surface area contributed by atoms with Crippen LogP contribution in [0.3, 0.4) is 0 Å². The number of carbonyl (C=O) groups excluding carboxylic acids is 1. The van der Waals surface area contributed by atoms with Crippen LogP contribution in [-0.4, -0.2) is 41.9 Å². The molecule has 28 heavy (non-hydrogen) atoms. The fraction of sp³-hybridized carbons (Fsp3) is 0.600. The van der Waals surface area contributed by atoms with Gasteiger partial charge in [0.25, 0.3) is 5.91 Å². The summed E-state index contributed by atoms with van der Waals surface area (Å²) < 4.78 is 43.6. The molecule has 0 radical (unpaired) electrons. The number of hydrogen-bond donors (Lipinski definition) is 2. The van der Waals surface area contributed by atoms with Gasteiger partial charge in [-0.05, 0) is 44.1 Å². The van der Waals surface area contributed by atoms with E-state index in [2.05, 4.69) is 10.3 Å². The summed E-state index contributed by atoms with van der Waals surface area (Å²) in [5, 5.41) is 11.9. The molecule has 2 rings (SSSR count). The average molecular weight is 400 g/mol. The van der Waals surface area contributed by atoms with Crippen LogP contribution in [0.2, 0.25) is 0 Å². The third-order valence-corrected chi connectivity index (χ3v) is 5.18. The first-order valence-corrected chi connectivity index (χ1v) is 9.49. The summed E-state index contributed by atoms with van der Waals surface area (Å²) >= 11 is 0. The van der Waals surface area contributed by atoms with Gasteiger partial charge in [-0.1, -0.05) is 19.1 Å². The van der Waals surface area contributed by atoms with E-state index >= 15 is 0 Å². The van der Waals surface area contributed by atoms with Gasteiger partial charge in [-0.25, -0.2) is 4.98 Å². The molecule has 2 N–H and O–H groups in total. The van der Waals surface area contributed by atoms with Crippen LogP contribution in [0.5, 0.6) is 5.75 Å². The molecule has 0 saturated heterocycles. The Hall–Kier alpha value is -2.09. The molecule has 1 aliphatic carbocycles. The minimum atomic E-state index is -4.11. The molecule has 0 spiro atoms. The van der Waals surface area contributed by atoms with E-state index in [4.69, 9.17) is 4.74 Å². The molecule has 1 atom stereocenters. The number of hydrogen-bond acceptors (Lipinski definition) is 4. The van der Waals surface area contributed by atoms with Crippen molar-refractivity contribution in [3.8, 4) is 5.75 Å². The van der Waals surface area contributed by atoms with Crippen molar-refractivity contribution >= 4 is 12.0 Å². The summed E-state index contributed by atoms with van der Waals surface area (Å²) in [5.74, 6) is -1.07. The molecule has 1 heterocycles. The quantitative estimate of drug-likeness (QED) is 0.727. The number of ether oxygens (including phenoxy) is 1. The van der Waals surface area contributed by atoms with Crippen LogP contribution in [0.1, 0.15) is 55.1 Å². The molecule has 0 bridgehead atoms. The Morgan fingerprint density at radius 1 is 1.39 bits per heavy atom. The van der Waals surface area contributed by atoms with Crippen LogP contribution in [-0.2, 0) is 0 Å². The summed E-state index contributed by atoms with van der Waals surface area (Å²) in [4.78, 5) is 16.4. The van der Waals surface area contributed by atoms with E-state index in [0.29, 0.717) is 30.6 Å². The second kappa shape index (κ2) is 9.91. The lowest BCUT2D eigenvalue weighted by Crippen LogP contribution is -2.37. The van der Waals surface area contributed by atoms with Gasteiger partial charge in [-0.15, -0.1) is 0 Å². The van der Waals surface area contributed by atoms with E-state index in [9.17, 15) is 23.1 Å². The van der Waals surface area contributed by atoms with Gasteiger partial charge in [0, 0.05) is 5.56 Å². The molecule has 156 valence electrons. The molecular formula is C20H27F3N2O3. The Labute approximate surface area is 163 Å². The van der Waals surface area contributed by atoms with Crippen molar-refractivity contribution in [2.75, 3.05) is 13.7 Å². The smallest absolute Gasteiger partial charge is 0.391 e. The molecule has 1 aromatic rings. The van der Waals surface area contributed by atoms with Crippen molar-refractivity contribution in [2.45, 2.75) is 51.2 Å². The number of methoxy groups -OCH3 is 1. The predicted molar refractivity (Wildman–Crippen MR) is 100.0 cm³/mol. The highest BCUT2D eigenvalue weighted by Gasteiger charge is 2.40. The number of aliphatic hydroxyl groups excluding tert-OH is 1. The molecule has 0 aliphatic heterocycles. The number of carbonyl (C=O) groups is 1. The molecule has 1 aromatic heterocycles. The Morgan fingerprint density at radius 2 is 2.07 bits per heavy atom. The third kappa shape index (κ3) is 5.95. The van der Waals surface area contributed by atoms with Crippen LogP contribution in [0.15, 0.2) is 18.3 Å². The van der Waals surface area contributed by atoms with Crippen LogP contribution in [0, 0.1) is 11.8 Å². The number of alkyl halides is 3. The van der Waals surface area contributed by atoms with E-state index in [1.54, 1.807) is 12.1 Å². The fourth-order valence-corrected chi connectivity index (χ4v) is 3.30. The number of rotatable bonds is 7. The number of amides is 1. The zero-order valence-corrected chi connectivity index (χ0v) is 16.1. The predicted octanol–water partition coefficient (Wildman–Crippen LogP) is 3.97. The van der Waals surface area contributed by atoms with Crippen molar-refractivity contribution in [1.82, 2.24) is 10.3 Å². The van der Waals surface area contributed by atoms with Crippen LogP contribution in [0.25, 0.3) is 6.08 Å². The SMILES string of the molecule is CCC(CO)NC(=O)c1cc(/C=C/[C@H]2CC[C@H](C(F)(F)F)CC2)c(OC)cn1. The minimum Gasteiger partial charge on any atom is -0.495 e. The lowest BCUT2D eigenvalue weighted by atomic mass is 9.81. The van der Waals surface area contributed by atoms with Gasteiger partial charge in [0.15, 0.2) is 0 Å². The summed E-state index contributed by atoms with van der Waals surface area (Å²) in [6.07, 6.45) is 2.81. The Balaban J connectivity index is 2.08. The number of aliphatic hydroxyl groups is 1. The zero-order chi connectivity index (χ0) is 20.7. The number of pyridine rings is 1. The molecule has 8 heteroatoms. The molecule has 1 saturated carbocycles. The Kier molecular flexibility index (Phi) is 7.86. The topological polar surface area (TPSA) is 71.5 Å². The first-order valence-electron chi connectivity index (χ1n) is 9.49. The largest absolute Gasteiger partial charge is 0.495 e. The first-order chi connectivity index (χ1) is 13.3. The van der Waals surface area contributed by atoms with Crippen molar-refractivity contribution in [1.29, 1.82) is 0 Å². The molecule has 1 fully saturated rings. The van der Waals surface area contributed by atoms with Crippen molar-refractivity contribution in [2.24, 2.45) is 11.8 Å². The number of nitrogens with one attached hydrogen (secondary N) is 1. The second-order valence-corrected chi connectivity index (χ2v) is 7.09. The van der Waals surface area contributed by atoms with Gasteiger partial charge < -0.3 is 15.2 Å². The van der Waals surface area contributed by atoms with E-state index in [1.165, 1.54) is 13.3 Å². The van der Waals surface area contributed by atoms with Gasteiger partial charge in [0.1, 0.15) is 11.4 Å². The number of halogens is 3. The van der Waals surface area contributed by atoms with Crippen molar-refractivity contribution < 1.29 is 27.8 Å². The monoisotopic (exact) mass is 400 g/mol. The van der Waals surface area contributed by atoms with Crippen molar-refractivity contribution in [3.63, 3.8) is 0 Å². The van der Waals surface area contributed by atoms with Gasteiger partial charge >= 0.3 is 6.18 Å². The fourth-order valence-electron chi connectivity index (χ4n) is 3.30. The average Bonchev–Trinajstić information content (AvgIpc) is 2.69. The number of allylic oxidation sites excluding steroid dienone is 1. The van der Waals surface area contributed by atoms with Gasteiger partial charge in [0.2, 0.25) is 0 Å². The second-order valence-electron chi connectivity index (χ2n) is 7.09. The van der Waals surface area contributed by atoms with Crippen molar-refractivity contribution in [3.05, 3.63) is 29.6 Å². The summed E-state index contributed by atoms with van der Waals surface area (Å²) in [5.41, 5.74) is 0.825. The maximum atomic E-state index is 12.8. The van der Waals surface area contributed by atoms with Crippen LogP contribution in [0.4, 0.5) is 13.2 Å². The molecule has 0 aromatic carbocycles. The highest BCUT2D eigenvalue weighted by Crippen LogP contribution is 2.40. The standard InChI is InChI=1S/C20H27F3N2O3/c1-3-16(12-26)25-19(27)17-10-14(18(28-2)11-24-17)7-4-13-5-8-15(9-6-13)20(21,22)23/h4,7,10-11,13,15-16,26H,3,5-6,8-9,12H2,1-2H3,(H,25,27)/b7-4+/t13-,15-,16?. The highest BCUT2D eigenvalue weighted by atomic mass is 19.4. The van der Waals surface area contributed by atoms with Gasteiger partial charge in [0.05, 0.1) is 31.9 Å². The first kappa shape index (κ1) is 22.2. The Morgan fingerprint density at radius 3 is 2.61 bits per heavy atom. The normalized spacial score (nSPS) is 21.5. The number of aromatic nitrogens is 1.